The molecule has 0 bridgehead atoms. The largest absolute Gasteiger partial charge is 0.389 e. The van der Waals surface area contributed by atoms with E-state index in [2.05, 4.69) is 24.1 Å². The maximum Gasteiger partial charge on any atom is 0.270 e. The van der Waals surface area contributed by atoms with E-state index in [-0.39, 0.29) is 22.4 Å². The van der Waals surface area contributed by atoms with Crippen molar-refractivity contribution in [2.45, 2.75) is 26.3 Å². The number of hydrogen-bond donors (Lipinski definition) is 2. The molecule has 0 spiro atoms. The molecule has 1 aromatic rings. The second-order valence-corrected chi connectivity index (χ2v) is 5.45. The van der Waals surface area contributed by atoms with Crippen LogP contribution in [0.25, 0.3) is 0 Å². The first kappa shape index (κ1) is 12.0. The summed E-state index contributed by atoms with van der Waals surface area (Å²) in [6.45, 7) is 4.25. The normalized spacial score (nSPS) is 20.7. The van der Waals surface area contributed by atoms with E-state index in [1.165, 1.54) is 6.20 Å². The Labute approximate surface area is 106 Å². The number of pyridine rings is 1. The Kier molecular flexibility index (Phi) is 2.87. The van der Waals surface area contributed by atoms with Crippen molar-refractivity contribution in [3.05, 3.63) is 29.6 Å². The van der Waals surface area contributed by atoms with Gasteiger partial charge in [-0.15, -0.1) is 0 Å². The molecule has 1 atom stereocenters. The Morgan fingerprint density at radius 3 is 2.65 bits per heavy atom. The van der Waals surface area contributed by atoms with Crippen molar-refractivity contribution in [1.29, 1.82) is 0 Å². The Morgan fingerprint density at radius 1 is 1.59 bits per heavy atom. The lowest BCUT2D eigenvalue weighted by molar-refractivity contribution is 0.0941. The van der Waals surface area contributed by atoms with Crippen molar-refractivity contribution in [2.75, 3.05) is 0 Å². The quantitative estimate of drug-likeness (QED) is 0.791. The van der Waals surface area contributed by atoms with Crippen molar-refractivity contribution in [2.24, 2.45) is 11.1 Å². The summed E-state index contributed by atoms with van der Waals surface area (Å²) in [7, 11) is 0. The van der Waals surface area contributed by atoms with Crippen molar-refractivity contribution in [1.82, 2.24) is 10.3 Å². The van der Waals surface area contributed by atoms with Crippen LogP contribution >= 0.6 is 12.2 Å². The molecule has 1 saturated carbocycles. The highest BCUT2D eigenvalue weighted by atomic mass is 32.1. The molecule has 0 radical (unpaired) electrons. The van der Waals surface area contributed by atoms with E-state index in [0.29, 0.717) is 11.3 Å². The van der Waals surface area contributed by atoms with Gasteiger partial charge < -0.3 is 11.1 Å². The van der Waals surface area contributed by atoms with Gasteiger partial charge in [0.05, 0.1) is 0 Å². The van der Waals surface area contributed by atoms with E-state index in [0.717, 1.165) is 6.42 Å². The van der Waals surface area contributed by atoms with Crippen LogP contribution in [0.2, 0.25) is 0 Å². The zero-order chi connectivity index (χ0) is 12.6. The lowest BCUT2D eigenvalue weighted by Gasteiger charge is -2.06. The lowest BCUT2D eigenvalue weighted by Crippen LogP contribution is -2.29. The van der Waals surface area contributed by atoms with E-state index in [1.807, 2.05) is 0 Å². The monoisotopic (exact) mass is 249 g/mol. The van der Waals surface area contributed by atoms with Gasteiger partial charge in [0.25, 0.3) is 5.91 Å². The standard InChI is InChI=1S/C12H15N3OS/c1-12(2)5-9(12)15-11(16)8-4-3-7(6-14-8)10(13)17/h3-4,6,9H,5H2,1-2H3,(H2,13,17)(H,15,16). The van der Waals surface area contributed by atoms with Gasteiger partial charge in [0.2, 0.25) is 0 Å². The van der Waals surface area contributed by atoms with Crippen molar-refractivity contribution in [3.8, 4) is 0 Å². The van der Waals surface area contributed by atoms with Gasteiger partial charge in [-0.2, -0.15) is 0 Å². The molecule has 4 nitrogen and oxygen atoms in total. The van der Waals surface area contributed by atoms with Gasteiger partial charge in [0.15, 0.2) is 0 Å². The van der Waals surface area contributed by atoms with Crippen LogP contribution < -0.4 is 11.1 Å². The zero-order valence-corrected chi connectivity index (χ0v) is 10.7. The fourth-order valence-electron chi connectivity index (χ4n) is 1.62. The topological polar surface area (TPSA) is 68.0 Å². The average Bonchev–Trinajstić information content (AvgIpc) is 2.86. The van der Waals surface area contributed by atoms with Crippen LogP contribution in [0, 0.1) is 5.41 Å². The number of nitrogens with zero attached hydrogens (tertiary/aromatic N) is 1. The third kappa shape index (κ3) is 2.61. The summed E-state index contributed by atoms with van der Waals surface area (Å²) < 4.78 is 0. The minimum atomic E-state index is -0.143. The lowest BCUT2D eigenvalue weighted by atomic mass is 10.2. The number of aromatic nitrogens is 1. The van der Waals surface area contributed by atoms with E-state index in [4.69, 9.17) is 18.0 Å². The first-order chi connectivity index (χ1) is 7.90. The molecule has 1 fully saturated rings. The van der Waals surface area contributed by atoms with Gasteiger partial charge in [-0.1, -0.05) is 26.1 Å². The summed E-state index contributed by atoms with van der Waals surface area (Å²) in [4.78, 5) is 16.2. The summed E-state index contributed by atoms with van der Waals surface area (Å²) in [5, 5.41) is 2.94. The van der Waals surface area contributed by atoms with Crippen LogP contribution in [0.1, 0.15) is 36.3 Å². The predicted molar refractivity (Wildman–Crippen MR) is 69.8 cm³/mol. The molecular formula is C12H15N3OS. The second-order valence-electron chi connectivity index (χ2n) is 5.02. The Balaban J connectivity index is 2.02. The van der Waals surface area contributed by atoms with Crippen LogP contribution in [0.15, 0.2) is 18.3 Å². The minimum Gasteiger partial charge on any atom is -0.389 e. The molecule has 5 heteroatoms. The summed E-state index contributed by atoms with van der Waals surface area (Å²) in [6, 6.07) is 3.61. The number of rotatable bonds is 3. The summed E-state index contributed by atoms with van der Waals surface area (Å²) >= 11 is 4.82. The fraction of sp³-hybridized carbons (Fsp3) is 0.417. The molecule has 0 aliphatic heterocycles. The Morgan fingerprint density at radius 2 is 2.24 bits per heavy atom. The molecule has 1 aliphatic rings. The zero-order valence-electron chi connectivity index (χ0n) is 9.86. The van der Waals surface area contributed by atoms with Gasteiger partial charge in [0.1, 0.15) is 10.7 Å². The maximum atomic E-state index is 11.8. The number of nitrogens with one attached hydrogen (secondary N) is 1. The molecule has 1 unspecified atom stereocenters. The fourth-order valence-corrected chi connectivity index (χ4v) is 1.74. The molecule has 0 saturated heterocycles. The minimum absolute atomic E-state index is 0.143. The van der Waals surface area contributed by atoms with Crippen LogP contribution in [-0.4, -0.2) is 21.9 Å². The van der Waals surface area contributed by atoms with E-state index >= 15 is 0 Å². The number of amides is 1. The van der Waals surface area contributed by atoms with Gasteiger partial charge >= 0.3 is 0 Å². The number of carbonyl (C=O) groups excluding carboxylic acids is 1. The highest BCUT2D eigenvalue weighted by molar-refractivity contribution is 7.80. The third-order valence-corrected chi connectivity index (χ3v) is 3.34. The molecule has 0 aromatic carbocycles. The molecule has 1 aromatic heterocycles. The predicted octanol–water partition coefficient (Wildman–Crippen LogP) is 1.24. The van der Waals surface area contributed by atoms with E-state index in [9.17, 15) is 4.79 Å². The van der Waals surface area contributed by atoms with E-state index in [1.54, 1.807) is 12.1 Å². The van der Waals surface area contributed by atoms with Gasteiger partial charge in [0, 0.05) is 17.8 Å². The SMILES string of the molecule is CC1(C)CC1NC(=O)c1ccc(C(N)=S)cn1. The molecule has 1 heterocycles. The van der Waals surface area contributed by atoms with Crippen molar-refractivity contribution < 1.29 is 4.79 Å². The highest BCUT2D eigenvalue weighted by Gasteiger charge is 2.46. The molecule has 1 amide bonds. The third-order valence-electron chi connectivity index (χ3n) is 3.10. The number of thiocarbonyl (C=S) groups is 1. The van der Waals surface area contributed by atoms with Crippen LogP contribution in [0.5, 0.6) is 0 Å². The van der Waals surface area contributed by atoms with E-state index < -0.39 is 0 Å². The first-order valence-electron chi connectivity index (χ1n) is 5.47. The molecule has 90 valence electrons. The molecule has 1 aliphatic carbocycles. The van der Waals surface area contributed by atoms with Gasteiger partial charge in [-0.05, 0) is 24.0 Å². The molecule has 3 N–H and O–H groups in total. The second kappa shape index (κ2) is 4.07. The van der Waals surface area contributed by atoms with Gasteiger partial charge in [-0.3, -0.25) is 9.78 Å². The first-order valence-corrected chi connectivity index (χ1v) is 5.88. The highest BCUT2D eigenvalue weighted by Crippen LogP contribution is 2.44. The number of carbonyl (C=O) groups is 1. The molecule has 17 heavy (non-hydrogen) atoms. The van der Waals surface area contributed by atoms with Crippen LogP contribution in [0.4, 0.5) is 0 Å². The van der Waals surface area contributed by atoms with Crippen molar-refractivity contribution in [3.63, 3.8) is 0 Å². The summed E-state index contributed by atoms with van der Waals surface area (Å²) in [5.41, 5.74) is 6.74. The van der Waals surface area contributed by atoms with Gasteiger partial charge in [-0.25, -0.2) is 0 Å². The number of nitrogens with two attached hydrogens (primary N) is 1. The average molecular weight is 249 g/mol. The Hall–Kier alpha value is -1.49. The summed E-state index contributed by atoms with van der Waals surface area (Å²) in [5.74, 6) is -0.143. The molecule has 2 rings (SSSR count). The van der Waals surface area contributed by atoms with Crippen LogP contribution in [-0.2, 0) is 0 Å². The number of hydrogen-bond acceptors (Lipinski definition) is 3. The molecular weight excluding hydrogens is 234 g/mol. The summed E-state index contributed by atoms with van der Waals surface area (Å²) in [6.07, 6.45) is 2.54. The van der Waals surface area contributed by atoms with Crippen LogP contribution in [0.3, 0.4) is 0 Å². The van der Waals surface area contributed by atoms with Crippen molar-refractivity contribution >= 4 is 23.1 Å². The Bertz CT molecular complexity index is 467. The maximum absolute atomic E-state index is 11.8. The smallest absolute Gasteiger partial charge is 0.270 e.